The molecule has 0 aromatic carbocycles. The van der Waals surface area contributed by atoms with Crippen molar-refractivity contribution in [1.29, 1.82) is 0 Å². The summed E-state index contributed by atoms with van der Waals surface area (Å²) in [4.78, 5) is 32.9. The first-order valence-corrected chi connectivity index (χ1v) is 8.10. The third kappa shape index (κ3) is 3.85. The van der Waals surface area contributed by atoms with Crippen LogP contribution in [0.4, 0.5) is 0 Å². The predicted molar refractivity (Wildman–Crippen MR) is 88.1 cm³/mol. The molecular formula is C15H20N4O2S. The standard InChI is InChI=1S/C15H20N4O2S/c1-5-19-13(21)10-7-6-8-16-12(10)17-14(19)22-9-11(20)18-15(2,3)4/h6-8H,5,9H2,1-4H3,(H,18,20). The number of nitrogens with zero attached hydrogens (tertiary/aromatic N) is 3. The number of aromatic nitrogens is 3. The van der Waals surface area contributed by atoms with Gasteiger partial charge in [0, 0.05) is 18.3 Å². The Kier molecular flexibility index (Phi) is 4.85. The fourth-order valence-electron chi connectivity index (χ4n) is 2.01. The molecule has 0 spiro atoms. The predicted octanol–water partition coefficient (Wildman–Crippen LogP) is 1.82. The Morgan fingerprint density at radius 1 is 1.41 bits per heavy atom. The second kappa shape index (κ2) is 6.48. The van der Waals surface area contributed by atoms with Gasteiger partial charge in [-0.1, -0.05) is 11.8 Å². The van der Waals surface area contributed by atoms with E-state index >= 15 is 0 Å². The minimum Gasteiger partial charge on any atom is -0.351 e. The zero-order valence-electron chi connectivity index (χ0n) is 13.2. The largest absolute Gasteiger partial charge is 0.351 e. The molecular weight excluding hydrogens is 300 g/mol. The fraction of sp³-hybridized carbons (Fsp3) is 0.467. The maximum atomic E-state index is 12.4. The average Bonchev–Trinajstić information content (AvgIpc) is 2.43. The summed E-state index contributed by atoms with van der Waals surface area (Å²) in [6.45, 7) is 8.16. The van der Waals surface area contributed by atoms with Crippen LogP contribution in [0.5, 0.6) is 0 Å². The summed E-state index contributed by atoms with van der Waals surface area (Å²) < 4.78 is 1.57. The summed E-state index contributed by atoms with van der Waals surface area (Å²) in [5.41, 5.74) is 0.00993. The Morgan fingerprint density at radius 2 is 2.14 bits per heavy atom. The third-order valence-electron chi connectivity index (χ3n) is 2.86. The molecule has 2 heterocycles. The van der Waals surface area contributed by atoms with Crippen LogP contribution in [0.15, 0.2) is 28.3 Å². The molecule has 0 fully saturated rings. The lowest BCUT2D eigenvalue weighted by Crippen LogP contribution is -2.41. The van der Waals surface area contributed by atoms with Crippen molar-refractivity contribution in [1.82, 2.24) is 19.9 Å². The van der Waals surface area contributed by atoms with Crippen molar-refractivity contribution in [3.63, 3.8) is 0 Å². The first kappa shape index (κ1) is 16.5. The first-order valence-electron chi connectivity index (χ1n) is 7.11. The summed E-state index contributed by atoms with van der Waals surface area (Å²) in [5.74, 6) is 0.123. The molecule has 22 heavy (non-hydrogen) atoms. The number of thioether (sulfide) groups is 1. The zero-order valence-corrected chi connectivity index (χ0v) is 14.0. The molecule has 118 valence electrons. The number of hydrogen-bond donors (Lipinski definition) is 1. The van der Waals surface area contributed by atoms with E-state index in [1.165, 1.54) is 11.8 Å². The van der Waals surface area contributed by atoms with Gasteiger partial charge in [0.15, 0.2) is 10.8 Å². The second-order valence-electron chi connectivity index (χ2n) is 5.91. The number of amides is 1. The van der Waals surface area contributed by atoms with E-state index in [0.717, 1.165) is 0 Å². The average molecular weight is 320 g/mol. The number of carbonyl (C=O) groups excluding carboxylic acids is 1. The molecule has 7 heteroatoms. The quantitative estimate of drug-likeness (QED) is 0.687. The topological polar surface area (TPSA) is 76.9 Å². The Morgan fingerprint density at radius 3 is 2.77 bits per heavy atom. The monoisotopic (exact) mass is 320 g/mol. The van der Waals surface area contributed by atoms with E-state index in [9.17, 15) is 9.59 Å². The molecule has 0 atom stereocenters. The highest BCUT2D eigenvalue weighted by Crippen LogP contribution is 2.16. The van der Waals surface area contributed by atoms with Gasteiger partial charge in [-0.05, 0) is 39.8 Å². The van der Waals surface area contributed by atoms with E-state index in [1.54, 1.807) is 22.9 Å². The lowest BCUT2D eigenvalue weighted by atomic mass is 10.1. The van der Waals surface area contributed by atoms with Gasteiger partial charge >= 0.3 is 0 Å². The van der Waals surface area contributed by atoms with Crippen LogP contribution in [0.1, 0.15) is 27.7 Å². The number of pyridine rings is 1. The van der Waals surface area contributed by atoms with Crippen LogP contribution >= 0.6 is 11.8 Å². The molecule has 0 saturated heterocycles. The van der Waals surface area contributed by atoms with Gasteiger partial charge in [-0.3, -0.25) is 14.2 Å². The first-order chi connectivity index (χ1) is 10.3. The highest BCUT2D eigenvalue weighted by atomic mass is 32.2. The molecule has 2 aromatic heterocycles. The maximum Gasteiger partial charge on any atom is 0.263 e. The number of rotatable bonds is 4. The highest BCUT2D eigenvalue weighted by Gasteiger charge is 2.16. The Balaban J connectivity index is 2.27. The van der Waals surface area contributed by atoms with Crippen molar-refractivity contribution < 1.29 is 4.79 Å². The number of fused-ring (bicyclic) bond motifs is 1. The van der Waals surface area contributed by atoms with Crippen LogP contribution in [0.3, 0.4) is 0 Å². The number of hydrogen-bond acceptors (Lipinski definition) is 5. The summed E-state index contributed by atoms with van der Waals surface area (Å²) in [6, 6.07) is 3.43. The van der Waals surface area contributed by atoms with Crippen LogP contribution in [0, 0.1) is 0 Å². The number of carbonyl (C=O) groups is 1. The van der Waals surface area contributed by atoms with Crippen molar-refractivity contribution in [3.8, 4) is 0 Å². The third-order valence-corrected chi connectivity index (χ3v) is 3.83. The molecule has 0 aliphatic heterocycles. The van der Waals surface area contributed by atoms with Gasteiger partial charge in [0.05, 0.1) is 11.1 Å². The molecule has 0 radical (unpaired) electrons. The molecule has 2 aromatic rings. The van der Waals surface area contributed by atoms with Gasteiger partial charge in [-0.25, -0.2) is 9.97 Å². The van der Waals surface area contributed by atoms with E-state index in [2.05, 4.69) is 15.3 Å². The fourth-order valence-corrected chi connectivity index (χ4v) is 2.86. The Hall–Kier alpha value is -1.89. The van der Waals surface area contributed by atoms with E-state index in [0.29, 0.717) is 22.7 Å². The molecule has 2 rings (SSSR count). The molecule has 0 aliphatic rings. The Labute approximate surface area is 133 Å². The number of nitrogens with one attached hydrogen (secondary N) is 1. The Bertz CT molecular complexity index is 749. The van der Waals surface area contributed by atoms with E-state index < -0.39 is 0 Å². The van der Waals surface area contributed by atoms with Crippen molar-refractivity contribution in [3.05, 3.63) is 28.7 Å². The molecule has 1 N–H and O–H groups in total. The van der Waals surface area contributed by atoms with E-state index in [1.807, 2.05) is 27.7 Å². The summed E-state index contributed by atoms with van der Waals surface area (Å²) >= 11 is 1.25. The SMILES string of the molecule is CCn1c(SCC(=O)NC(C)(C)C)nc2ncccc2c1=O. The molecule has 0 saturated carbocycles. The molecule has 0 aliphatic carbocycles. The second-order valence-corrected chi connectivity index (χ2v) is 6.85. The highest BCUT2D eigenvalue weighted by molar-refractivity contribution is 7.99. The van der Waals surface area contributed by atoms with Gasteiger partial charge in [-0.15, -0.1) is 0 Å². The minimum absolute atomic E-state index is 0.0875. The lowest BCUT2D eigenvalue weighted by Gasteiger charge is -2.20. The van der Waals surface area contributed by atoms with Crippen LogP contribution in [0.25, 0.3) is 11.0 Å². The molecule has 1 amide bonds. The van der Waals surface area contributed by atoms with Crippen molar-refractivity contribution in [2.75, 3.05) is 5.75 Å². The van der Waals surface area contributed by atoms with Crippen molar-refractivity contribution in [2.45, 2.75) is 44.9 Å². The van der Waals surface area contributed by atoms with Crippen LogP contribution in [-0.2, 0) is 11.3 Å². The normalized spacial score (nSPS) is 11.6. The van der Waals surface area contributed by atoms with Gasteiger partial charge < -0.3 is 5.32 Å². The van der Waals surface area contributed by atoms with Crippen LogP contribution in [-0.4, -0.2) is 31.7 Å². The van der Waals surface area contributed by atoms with Crippen LogP contribution < -0.4 is 10.9 Å². The van der Waals surface area contributed by atoms with E-state index in [4.69, 9.17) is 0 Å². The minimum atomic E-state index is -0.277. The summed E-state index contributed by atoms with van der Waals surface area (Å²) in [5, 5.41) is 3.90. The smallest absolute Gasteiger partial charge is 0.263 e. The van der Waals surface area contributed by atoms with Gasteiger partial charge in [0.2, 0.25) is 5.91 Å². The van der Waals surface area contributed by atoms with Crippen LogP contribution in [0.2, 0.25) is 0 Å². The maximum absolute atomic E-state index is 12.4. The lowest BCUT2D eigenvalue weighted by molar-refractivity contribution is -0.119. The summed E-state index contributed by atoms with van der Waals surface area (Å²) in [6.07, 6.45) is 1.60. The van der Waals surface area contributed by atoms with Gasteiger partial charge in [-0.2, -0.15) is 0 Å². The van der Waals surface area contributed by atoms with Crippen molar-refractivity contribution >= 4 is 28.7 Å². The zero-order chi connectivity index (χ0) is 16.3. The molecule has 0 unspecified atom stereocenters. The van der Waals surface area contributed by atoms with E-state index in [-0.39, 0.29) is 22.8 Å². The van der Waals surface area contributed by atoms with Gasteiger partial charge in [0.1, 0.15) is 0 Å². The molecule has 6 nitrogen and oxygen atoms in total. The summed E-state index contributed by atoms with van der Waals surface area (Å²) in [7, 11) is 0. The van der Waals surface area contributed by atoms with Gasteiger partial charge in [0.25, 0.3) is 5.56 Å². The molecule has 0 bridgehead atoms. The van der Waals surface area contributed by atoms with Crippen molar-refractivity contribution in [2.24, 2.45) is 0 Å².